The van der Waals surface area contributed by atoms with Gasteiger partial charge in [-0.05, 0) is 25.2 Å². The maximum Gasteiger partial charge on any atom is 0.211 e. The fourth-order valence-electron chi connectivity index (χ4n) is 2.37. The monoisotopic (exact) mass is 300 g/mol. The molecule has 2 aliphatic rings. The third kappa shape index (κ3) is 3.18. The van der Waals surface area contributed by atoms with Crippen molar-refractivity contribution in [1.82, 2.24) is 19.3 Å². The predicted molar refractivity (Wildman–Crippen MR) is 72.3 cm³/mol. The number of hydrogen-bond acceptors (Lipinski definition) is 5. The van der Waals surface area contributed by atoms with Gasteiger partial charge >= 0.3 is 0 Å². The number of aryl methyl sites for hydroxylation is 1. The number of ether oxygens (including phenoxy) is 1. The number of sulfonamides is 1. The molecule has 8 heteroatoms. The molecule has 1 fully saturated rings. The number of rotatable bonds is 5. The van der Waals surface area contributed by atoms with Crippen LogP contribution < -0.4 is 0 Å². The predicted octanol–water partition coefficient (Wildman–Crippen LogP) is 0.370. The van der Waals surface area contributed by atoms with Crippen LogP contribution >= 0.6 is 0 Å². The molecule has 0 spiro atoms. The molecule has 0 unspecified atom stereocenters. The van der Waals surface area contributed by atoms with Crippen LogP contribution in [0.3, 0.4) is 0 Å². The molecule has 1 aliphatic carbocycles. The fraction of sp³-hybridized carbons (Fsp3) is 0.833. The average Bonchev–Trinajstić information content (AvgIpc) is 3.14. The van der Waals surface area contributed by atoms with Crippen molar-refractivity contribution in [3.8, 4) is 0 Å². The summed E-state index contributed by atoms with van der Waals surface area (Å²) in [6, 6.07) is 0. The van der Waals surface area contributed by atoms with Crippen molar-refractivity contribution in [2.75, 3.05) is 19.4 Å². The second-order valence-corrected chi connectivity index (χ2v) is 7.60. The van der Waals surface area contributed by atoms with Gasteiger partial charge in [0.25, 0.3) is 0 Å². The lowest BCUT2D eigenvalue weighted by Crippen LogP contribution is -2.30. The van der Waals surface area contributed by atoms with Gasteiger partial charge in [-0.3, -0.25) is 0 Å². The maximum atomic E-state index is 11.7. The largest absolute Gasteiger partial charge is 0.375 e. The maximum absolute atomic E-state index is 11.7. The van der Waals surface area contributed by atoms with Crippen molar-refractivity contribution >= 4 is 10.0 Å². The van der Waals surface area contributed by atoms with Gasteiger partial charge in [0.05, 0.1) is 25.1 Å². The number of hydrogen-bond donors (Lipinski definition) is 0. The van der Waals surface area contributed by atoms with Crippen LogP contribution in [-0.4, -0.2) is 47.1 Å². The Kier molecular flexibility index (Phi) is 3.78. The first kappa shape index (κ1) is 14.0. The van der Waals surface area contributed by atoms with E-state index in [2.05, 4.69) is 10.3 Å². The SMILES string of the molecule is CS(=O)(=O)N1CCCn2nnc(COCC3CC3)c2C1. The molecule has 7 nitrogen and oxygen atoms in total. The second-order valence-electron chi connectivity index (χ2n) is 5.61. The Morgan fingerprint density at radius 2 is 2.15 bits per heavy atom. The fourth-order valence-corrected chi connectivity index (χ4v) is 3.18. The van der Waals surface area contributed by atoms with Crippen molar-refractivity contribution in [2.45, 2.75) is 39.0 Å². The summed E-state index contributed by atoms with van der Waals surface area (Å²) < 4.78 is 32.4. The van der Waals surface area contributed by atoms with E-state index in [0.717, 1.165) is 24.4 Å². The summed E-state index contributed by atoms with van der Waals surface area (Å²) in [6.45, 7) is 2.76. The molecule has 2 heterocycles. The van der Waals surface area contributed by atoms with E-state index in [4.69, 9.17) is 4.74 Å². The molecule has 3 rings (SSSR count). The summed E-state index contributed by atoms with van der Waals surface area (Å²) in [5, 5.41) is 8.25. The zero-order valence-corrected chi connectivity index (χ0v) is 12.5. The summed E-state index contributed by atoms with van der Waals surface area (Å²) in [5.74, 6) is 0.705. The topological polar surface area (TPSA) is 77.3 Å². The lowest BCUT2D eigenvalue weighted by atomic mass is 10.3. The van der Waals surface area contributed by atoms with Gasteiger partial charge in [-0.25, -0.2) is 13.1 Å². The number of aromatic nitrogens is 3. The lowest BCUT2D eigenvalue weighted by Gasteiger charge is -2.16. The summed E-state index contributed by atoms with van der Waals surface area (Å²) >= 11 is 0. The van der Waals surface area contributed by atoms with Crippen LogP contribution in [0.2, 0.25) is 0 Å². The Labute approximate surface area is 118 Å². The van der Waals surface area contributed by atoms with Crippen LogP contribution in [0.5, 0.6) is 0 Å². The first-order valence-corrected chi connectivity index (χ1v) is 8.83. The zero-order valence-electron chi connectivity index (χ0n) is 11.7. The molecule has 1 aliphatic heterocycles. The van der Waals surface area contributed by atoms with Crippen molar-refractivity contribution in [3.05, 3.63) is 11.4 Å². The van der Waals surface area contributed by atoms with E-state index in [1.54, 1.807) is 4.68 Å². The highest BCUT2D eigenvalue weighted by atomic mass is 32.2. The van der Waals surface area contributed by atoms with Crippen LogP contribution in [0.15, 0.2) is 0 Å². The van der Waals surface area contributed by atoms with Gasteiger partial charge in [0.2, 0.25) is 10.0 Å². The molecule has 0 aromatic carbocycles. The molecule has 0 amide bonds. The molecular formula is C12H20N4O3S. The Morgan fingerprint density at radius 1 is 1.35 bits per heavy atom. The van der Waals surface area contributed by atoms with Crippen molar-refractivity contribution in [2.24, 2.45) is 5.92 Å². The first-order chi connectivity index (χ1) is 9.54. The van der Waals surface area contributed by atoms with Gasteiger partial charge in [0.1, 0.15) is 5.69 Å². The molecular weight excluding hydrogens is 280 g/mol. The minimum Gasteiger partial charge on any atom is -0.375 e. The summed E-state index contributed by atoms with van der Waals surface area (Å²) in [7, 11) is -3.19. The minimum atomic E-state index is -3.19. The molecule has 0 N–H and O–H groups in total. The van der Waals surface area contributed by atoms with Crippen LogP contribution in [0, 0.1) is 5.92 Å². The zero-order chi connectivity index (χ0) is 14.2. The van der Waals surface area contributed by atoms with E-state index >= 15 is 0 Å². The lowest BCUT2D eigenvalue weighted by molar-refractivity contribution is 0.108. The highest BCUT2D eigenvalue weighted by Crippen LogP contribution is 2.29. The normalized spacial score (nSPS) is 20.6. The minimum absolute atomic E-state index is 0.341. The summed E-state index contributed by atoms with van der Waals surface area (Å²) in [4.78, 5) is 0. The third-order valence-electron chi connectivity index (χ3n) is 3.78. The molecule has 112 valence electrons. The highest BCUT2D eigenvalue weighted by Gasteiger charge is 2.26. The Balaban J connectivity index is 1.72. The summed E-state index contributed by atoms with van der Waals surface area (Å²) in [5.41, 5.74) is 1.63. The molecule has 0 saturated heterocycles. The van der Waals surface area contributed by atoms with E-state index in [9.17, 15) is 8.42 Å². The van der Waals surface area contributed by atoms with Crippen LogP contribution in [0.25, 0.3) is 0 Å². The molecule has 0 bridgehead atoms. The standard InChI is InChI=1S/C12H20N4O3S/c1-20(17,18)15-5-2-6-16-12(7-15)11(13-14-16)9-19-8-10-3-4-10/h10H,2-9H2,1H3. The van der Waals surface area contributed by atoms with Gasteiger partial charge in [0, 0.05) is 19.7 Å². The second kappa shape index (κ2) is 5.42. The third-order valence-corrected chi connectivity index (χ3v) is 5.03. The number of nitrogens with zero attached hydrogens (tertiary/aromatic N) is 4. The molecule has 0 atom stereocenters. The molecule has 0 radical (unpaired) electrons. The van der Waals surface area contributed by atoms with Crippen molar-refractivity contribution in [3.63, 3.8) is 0 Å². The van der Waals surface area contributed by atoms with E-state index in [1.165, 1.54) is 23.4 Å². The Bertz CT molecular complexity index is 580. The Hall–Kier alpha value is -0.990. The molecule has 1 saturated carbocycles. The van der Waals surface area contributed by atoms with Crippen molar-refractivity contribution in [1.29, 1.82) is 0 Å². The number of fused-ring (bicyclic) bond motifs is 1. The van der Waals surface area contributed by atoms with Gasteiger partial charge in [0.15, 0.2) is 0 Å². The van der Waals surface area contributed by atoms with Gasteiger partial charge in [-0.2, -0.15) is 4.31 Å². The van der Waals surface area contributed by atoms with Gasteiger partial charge in [-0.1, -0.05) is 5.21 Å². The first-order valence-electron chi connectivity index (χ1n) is 6.98. The van der Waals surface area contributed by atoms with E-state index in [1.807, 2.05) is 0 Å². The molecule has 1 aromatic heterocycles. The average molecular weight is 300 g/mol. The molecule has 1 aromatic rings. The van der Waals surface area contributed by atoms with E-state index in [0.29, 0.717) is 32.2 Å². The van der Waals surface area contributed by atoms with Crippen LogP contribution in [0.4, 0.5) is 0 Å². The van der Waals surface area contributed by atoms with Crippen LogP contribution in [-0.2, 0) is 34.5 Å². The van der Waals surface area contributed by atoms with Crippen LogP contribution in [0.1, 0.15) is 30.7 Å². The smallest absolute Gasteiger partial charge is 0.211 e. The molecule has 20 heavy (non-hydrogen) atoms. The Morgan fingerprint density at radius 3 is 2.85 bits per heavy atom. The quantitative estimate of drug-likeness (QED) is 0.785. The van der Waals surface area contributed by atoms with E-state index < -0.39 is 10.0 Å². The van der Waals surface area contributed by atoms with Crippen molar-refractivity contribution < 1.29 is 13.2 Å². The van der Waals surface area contributed by atoms with Gasteiger partial charge in [-0.15, -0.1) is 5.10 Å². The highest BCUT2D eigenvalue weighted by molar-refractivity contribution is 7.88. The van der Waals surface area contributed by atoms with Gasteiger partial charge < -0.3 is 4.74 Å². The summed E-state index contributed by atoms with van der Waals surface area (Å²) in [6.07, 6.45) is 4.50. The van der Waals surface area contributed by atoms with E-state index in [-0.39, 0.29) is 0 Å².